The zero-order valence-corrected chi connectivity index (χ0v) is 11.5. The lowest BCUT2D eigenvalue weighted by molar-refractivity contribution is 0.541. The van der Waals surface area contributed by atoms with Gasteiger partial charge < -0.3 is 0 Å². The fourth-order valence-corrected chi connectivity index (χ4v) is 2.56. The van der Waals surface area contributed by atoms with Crippen molar-refractivity contribution in [1.82, 2.24) is 0 Å². The topological polar surface area (TPSA) is 0 Å². The van der Waals surface area contributed by atoms with Gasteiger partial charge in [0.2, 0.25) is 0 Å². The summed E-state index contributed by atoms with van der Waals surface area (Å²) < 4.78 is 0. The summed E-state index contributed by atoms with van der Waals surface area (Å²) in [6, 6.07) is 0. The van der Waals surface area contributed by atoms with Gasteiger partial charge in [-0.1, -0.05) is 52.2 Å². The molecule has 0 saturated carbocycles. The van der Waals surface area contributed by atoms with Crippen LogP contribution in [0.1, 0.15) is 79.6 Å². The summed E-state index contributed by atoms with van der Waals surface area (Å²) in [6.45, 7) is 11.6. The van der Waals surface area contributed by atoms with Gasteiger partial charge in [0, 0.05) is 0 Å². The van der Waals surface area contributed by atoms with Crippen LogP contribution in [0.15, 0.2) is 11.1 Å². The highest BCUT2D eigenvalue weighted by Crippen LogP contribution is 2.29. The smallest absolute Gasteiger partial charge is 0.0206 e. The van der Waals surface area contributed by atoms with E-state index in [1.165, 1.54) is 44.9 Å². The Hall–Kier alpha value is -0.260. The Morgan fingerprint density at radius 3 is 1.80 bits per heavy atom. The SMILES string of the molecule is CCCCC(CC)=C(CC)C(CC)CC. The third kappa shape index (κ3) is 4.86. The first kappa shape index (κ1) is 14.7. The normalized spacial score (nSPS) is 13.2. The lowest BCUT2D eigenvalue weighted by atomic mass is 9.85. The van der Waals surface area contributed by atoms with Crippen molar-refractivity contribution in [3.63, 3.8) is 0 Å². The molecule has 0 aliphatic heterocycles. The highest BCUT2D eigenvalue weighted by molar-refractivity contribution is 5.16. The molecule has 0 aliphatic rings. The zero-order chi connectivity index (χ0) is 11.7. The molecule has 0 aliphatic carbocycles. The summed E-state index contributed by atoms with van der Waals surface area (Å²) >= 11 is 0. The third-order valence-corrected chi connectivity index (χ3v) is 3.57. The van der Waals surface area contributed by atoms with Crippen molar-refractivity contribution >= 4 is 0 Å². The molecule has 0 aromatic carbocycles. The zero-order valence-electron chi connectivity index (χ0n) is 11.5. The van der Waals surface area contributed by atoms with E-state index < -0.39 is 0 Å². The Labute approximate surface area is 97.2 Å². The van der Waals surface area contributed by atoms with Crippen LogP contribution in [-0.2, 0) is 0 Å². The van der Waals surface area contributed by atoms with Crippen LogP contribution in [0.25, 0.3) is 0 Å². The van der Waals surface area contributed by atoms with Gasteiger partial charge in [-0.25, -0.2) is 0 Å². The molecule has 15 heavy (non-hydrogen) atoms. The summed E-state index contributed by atoms with van der Waals surface area (Å²) in [6.07, 6.45) is 9.19. The van der Waals surface area contributed by atoms with Crippen LogP contribution in [0.2, 0.25) is 0 Å². The van der Waals surface area contributed by atoms with Crippen LogP contribution in [-0.4, -0.2) is 0 Å². The predicted molar refractivity (Wildman–Crippen MR) is 71.2 cm³/mol. The number of hydrogen-bond donors (Lipinski definition) is 0. The van der Waals surface area contributed by atoms with E-state index in [1.54, 1.807) is 11.1 Å². The second-order valence-electron chi connectivity index (χ2n) is 4.45. The molecule has 0 heterocycles. The van der Waals surface area contributed by atoms with Crippen molar-refractivity contribution in [3.8, 4) is 0 Å². The van der Waals surface area contributed by atoms with E-state index in [4.69, 9.17) is 0 Å². The van der Waals surface area contributed by atoms with Crippen molar-refractivity contribution in [2.75, 3.05) is 0 Å². The maximum atomic E-state index is 2.33. The molecule has 0 spiro atoms. The van der Waals surface area contributed by atoms with E-state index in [9.17, 15) is 0 Å². The molecule has 0 unspecified atom stereocenters. The van der Waals surface area contributed by atoms with Crippen LogP contribution in [0.3, 0.4) is 0 Å². The van der Waals surface area contributed by atoms with E-state index in [0.29, 0.717) is 0 Å². The van der Waals surface area contributed by atoms with E-state index >= 15 is 0 Å². The van der Waals surface area contributed by atoms with Crippen LogP contribution < -0.4 is 0 Å². The summed E-state index contributed by atoms with van der Waals surface area (Å²) in [7, 11) is 0. The van der Waals surface area contributed by atoms with Gasteiger partial charge in [-0.2, -0.15) is 0 Å². The van der Waals surface area contributed by atoms with Gasteiger partial charge in [-0.15, -0.1) is 0 Å². The molecule has 0 heteroatoms. The van der Waals surface area contributed by atoms with E-state index in [-0.39, 0.29) is 0 Å². The van der Waals surface area contributed by atoms with Crippen molar-refractivity contribution in [2.24, 2.45) is 5.92 Å². The second-order valence-corrected chi connectivity index (χ2v) is 4.45. The summed E-state index contributed by atoms with van der Waals surface area (Å²) in [5, 5.41) is 0. The van der Waals surface area contributed by atoms with Gasteiger partial charge >= 0.3 is 0 Å². The van der Waals surface area contributed by atoms with E-state index in [1.807, 2.05) is 0 Å². The maximum Gasteiger partial charge on any atom is -0.0206 e. The molecule has 0 aromatic heterocycles. The Balaban J connectivity index is 4.69. The fraction of sp³-hybridized carbons (Fsp3) is 0.867. The molecule has 0 saturated heterocycles. The highest BCUT2D eigenvalue weighted by Gasteiger charge is 2.12. The van der Waals surface area contributed by atoms with Gasteiger partial charge in [0.25, 0.3) is 0 Å². The molecule has 0 N–H and O–H groups in total. The summed E-state index contributed by atoms with van der Waals surface area (Å²) in [5.74, 6) is 0.849. The Morgan fingerprint density at radius 2 is 1.47 bits per heavy atom. The highest BCUT2D eigenvalue weighted by atomic mass is 14.2. The molecule has 0 atom stereocenters. The van der Waals surface area contributed by atoms with Gasteiger partial charge in [-0.3, -0.25) is 0 Å². The van der Waals surface area contributed by atoms with E-state index in [0.717, 1.165) is 5.92 Å². The van der Waals surface area contributed by atoms with Crippen LogP contribution in [0.4, 0.5) is 0 Å². The third-order valence-electron chi connectivity index (χ3n) is 3.57. The Bertz CT molecular complexity index is 172. The van der Waals surface area contributed by atoms with Crippen molar-refractivity contribution in [1.29, 1.82) is 0 Å². The summed E-state index contributed by atoms with van der Waals surface area (Å²) in [5.41, 5.74) is 3.53. The van der Waals surface area contributed by atoms with E-state index in [2.05, 4.69) is 34.6 Å². The fourth-order valence-electron chi connectivity index (χ4n) is 2.56. The molecule has 0 aromatic rings. The van der Waals surface area contributed by atoms with Gasteiger partial charge in [0.1, 0.15) is 0 Å². The first-order valence-electron chi connectivity index (χ1n) is 6.95. The van der Waals surface area contributed by atoms with Crippen molar-refractivity contribution in [3.05, 3.63) is 11.1 Å². The van der Waals surface area contributed by atoms with Crippen LogP contribution in [0, 0.1) is 5.92 Å². The average molecular weight is 210 g/mol. The molecule has 0 radical (unpaired) electrons. The molecule has 0 amide bonds. The monoisotopic (exact) mass is 210 g/mol. The molecule has 90 valence electrons. The Morgan fingerprint density at radius 1 is 0.867 bits per heavy atom. The standard InChI is InChI=1S/C15H30/c1-6-11-12-14(9-4)15(10-5)13(7-2)8-3/h13H,6-12H2,1-5H3. The predicted octanol–water partition coefficient (Wildman–Crippen LogP) is 5.73. The molecule has 0 rings (SSSR count). The minimum absolute atomic E-state index is 0.849. The lowest BCUT2D eigenvalue weighted by Crippen LogP contribution is -2.05. The largest absolute Gasteiger partial charge is 0.0710 e. The minimum Gasteiger partial charge on any atom is -0.0710 e. The average Bonchev–Trinajstić information content (AvgIpc) is 2.28. The maximum absolute atomic E-state index is 2.33. The number of rotatable bonds is 8. The molecule has 0 fully saturated rings. The first-order valence-corrected chi connectivity index (χ1v) is 6.95. The minimum atomic E-state index is 0.849. The van der Waals surface area contributed by atoms with Crippen molar-refractivity contribution < 1.29 is 0 Å². The van der Waals surface area contributed by atoms with Crippen LogP contribution in [0.5, 0.6) is 0 Å². The number of allylic oxidation sites excluding steroid dienone is 2. The van der Waals surface area contributed by atoms with Crippen molar-refractivity contribution in [2.45, 2.75) is 79.6 Å². The van der Waals surface area contributed by atoms with Gasteiger partial charge in [0.15, 0.2) is 0 Å². The molecular formula is C15H30. The van der Waals surface area contributed by atoms with Gasteiger partial charge in [0.05, 0.1) is 0 Å². The molecule has 0 nitrogen and oxygen atoms in total. The number of hydrogen-bond acceptors (Lipinski definition) is 0. The first-order chi connectivity index (χ1) is 7.24. The Kier molecular flexibility index (Phi) is 8.85. The number of unbranched alkanes of at least 4 members (excludes halogenated alkanes) is 1. The van der Waals surface area contributed by atoms with Crippen LogP contribution >= 0.6 is 0 Å². The molecular weight excluding hydrogens is 180 g/mol. The summed E-state index contributed by atoms with van der Waals surface area (Å²) in [4.78, 5) is 0. The second kappa shape index (κ2) is 9.00. The van der Waals surface area contributed by atoms with Gasteiger partial charge in [-0.05, 0) is 44.4 Å². The molecule has 0 bridgehead atoms. The quantitative estimate of drug-likeness (QED) is 0.449. The lowest BCUT2D eigenvalue weighted by Gasteiger charge is -2.21.